The predicted octanol–water partition coefficient (Wildman–Crippen LogP) is 6.93. The second-order valence-electron chi connectivity index (χ2n) is 7.16. The van der Waals surface area contributed by atoms with Crippen molar-refractivity contribution in [1.82, 2.24) is 9.55 Å². The number of nitrogens with one attached hydrogen (secondary N) is 1. The van der Waals surface area contributed by atoms with E-state index in [2.05, 4.69) is 113 Å². The van der Waals surface area contributed by atoms with Gasteiger partial charge in [-0.25, -0.2) is 0 Å². The molecule has 2 heteroatoms. The van der Waals surface area contributed by atoms with Crippen molar-refractivity contribution in [3.05, 3.63) is 103 Å². The van der Waals surface area contributed by atoms with E-state index in [4.69, 9.17) is 0 Å². The van der Waals surface area contributed by atoms with E-state index < -0.39 is 0 Å². The molecule has 2 nitrogen and oxygen atoms in total. The molecule has 0 amide bonds. The molecule has 0 saturated heterocycles. The molecule has 0 bridgehead atoms. The maximum Gasteiger partial charge on any atom is 0.0797 e. The first kappa shape index (κ1) is 15.3. The standard InChI is InChI=1S/C26H18N2/c1-3-9-18(10-4-1)19-15-16-22-24(17-19)28(20-11-5-2-6-12-20)26-21-13-7-8-14-23(21)27-25(22)26/h1-17,27H. The summed E-state index contributed by atoms with van der Waals surface area (Å²) in [5, 5.41) is 2.49. The van der Waals surface area contributed by atoms with Gasteiger partial charge in [-0.05, 0) is 35.4 Å². The number of H-pyrrole nitrogens is 1. The Labute approximate surface area is 162 Å². The van der Waals surface area contributed by atoms with Crippen molar-refractivity contribution in [2.45, 2.75) is 0 Å². The van der Waals surface area contributed by atoms with Crippen molar-refractivity contribution >= 4 is 32.8 Å². The molecule has 0 aliphatic rings. The number of rotatable bonds is 2. The molecule has 2 aromatic heterocycles. The van der Waals surface area contributed by atoms with Gasteiger partial charge in [-0.3, -0.25) is 0 Å². The summed E-state index contributed by atoms with van der Waals surface area (Å²) in [6, 6.07) is 36.5. The van der Waals surface area contributed by atoms with E-state index >= 15 is 0 Å². The Balaban J connectivity index is 1.78. The average molecular weight is 358 g/mol. The van der Waals surface area contributed by atoms with E-state index in [1.807, 2.05) is 0 Å². The lowest BCUT2D eigenvalue weighted by molar-refractivity contribution is 1.19. The van der Waals surface area contributed by atoms with Crippen LogP contribution < -0.4 is 0 Å². The first-order valence-corrected chi connectivity index (χ1v) is 9.56. The molecule has 0 unspecified atom stereocenters. The van der Waals surface area contributed by atoms with Crippen LogP contribution in [0.3, 0.4) is 0 Å². The highest BCUT2D eigenvalue weighted by Crippen LogP contribution is 2.38. The van der Waals surface area contributed by atoms with E-state index in [0.717, 1.165) is 0 Å². The second kappa shape index (κ2) is 5.86. The lowest BCUT2D eigenvalue weighted by Crippen LogP contribution is -1.93. The van der Waals surface area contributed by atoms with E-state index in [9.17, 15) is 0 Å². The average Bonchev–Trinajstić information content (AvgIpc) is 3.29. The fourth-order valence-corrected chi connectivity index (χ4v) is 4.26. The third-order valence-corrected chi connectivity index (χ3v) is 5.53. The van der Waals surface area contributed by atoms with Crippen LogP contribution in [0.4, 0.5) is 0 Å². The Kier molecular flexibility index (Phi) is 3.20. The molecule has 0 aliphatic heterocycles. The van der Waals surface area contributed by atoms with Gasteiger partial charge in [0.1, 0.15) is 0 Å². The maximum atomic E-state index is 3.65. The number of fused-ring (bicyclic) bond motifs is 5. The number of aromatic nitrogens is 2. The van der Waals surface area contributed by atoms with Crippen LogP contribution in [0.1, 0.15) is 0 Å². The Bertz CT molecular complexity index is 1440. The molecular weight excluding hydrogens is 340 g/mol. The summed E-state index contributed by atoms with van der Waals surface area (Å²) in [4.78, 5) is 3.65. The zero-order chi connectivity index (χ0) is 18.5. The Morgan fingerprint density at radius 3 is 2.11 bits per heavy atom. The molecule has 0 saturated carbocycles. The summed E-state index contributed by atoms with van der Waals surface area (Å²) < 4.78 is 2.38. The third-order valence-electron chi connectivity index (χ3n) is 5.53. The molecule has 1 N–H and O–H groups in total. The van der Waals surface area contributed by atoms with Crippen molar-refractivity contribution in [3.8, 4) is 16.8 Å². The zero-order valence-corrected chi connectivity index (χ0v) is 15.3. The summed E-state index contributed by atoms with van der Waals surface area (Å²) in [5.74, 6) is 0. The summed E-state index contributed by atoms with van der Waals surface area (Å²) in [6.07, 6.45) is 0. The molecule has 4 aromatic carbocycles. The van der Waals surface area contributed by atoms with Gasteiger partial charge in [0.25, 0.3) is 0 Å². The summed E-state index contributed by atoms with van der Waals surface area (Å²) in [7, 11) is 0. The number of para-hydroxylation sites is 2. The first-order valence-electron chi connectivity index (χ1n) is 9.56. The molecule has 6 rings (SSSR count). The van der Waals surface area contributed by atoms with Crippen molar-refractivity contribution in [2.75, 3.05) is 0 Å². The van der Waals surface area contributed by atoms with Gasteiger partial charge >= 0.3 is 0 Å². The van der Waals surface area contributed by atoms with Gasteiger partial charge in [0.15, 0.2) is 0 Å². The van der Waals surface area contributed by atoms with E-state index in [1.165, 1.54) is 49.7 Å². The number of nitrogens with zero attached hydrogens (tertiary/aromatic N) is 1. The molecule has 0 fully saturated rings. The fraction of sp³-hybridized carbons (Fsp3) is 0. The van der Waals surface area contributed by atoms with Gasteiger partial charge in [-0.15, -0.1) is 0 Å². The smallest absolute Gasteiger partial charge is 0.0797 e. The molecular formula is C26H18N2. The number of hydrogen-bond donors (Lipinski definition) is 1. The third kappa shape index (κ3) is 2.15. The SMILES string of the molecule is c1ccc(-c2ccc3c4[nH]c5ccccc5c4n(-c4ccccc4)c3c2)cc1. The van der Waals surface area contributed by atoms with Gasteiger partial charge in [-0.2, -0.15) is 0 Å². The van der Waals surface area contributed by atoms with Gasteiger partial charge in [-0.1, -0.05) is 78.9 Å². The summed E-state index contributed by atoms with van der Waals surface area (Å²) in [5.41, 5.74) is 8.47. The molecule has 0 atom stereocenters. The molecule has 132 valence electrons. The quantitative estimate of drug-likeness (QED) is 0.346. The minimum atomic E-state index is 1.17. The van der Waals surface area contributed by atoms with E-state index in [0.29, 0.717) is 0 Å². The molecule has 28 heavy (non-hydrogen) atoms. The zero-order valence-electron chi connectivity index (χ0n) is 15.3. The molecule has 2 heterocycles. The molecule has 0 radical (unpaired) electrons. The largest absolute Gasteiger partial charge is 0.353 e. The van der Waals surface area contributed by atoms with Crippen LogP contribution in [-0.4, -0.2) is 9.55 Å². The number of hydrogen-bond acceptors (Lipinski definition) is 0. The van der Waals surface area contributed by atoms with Crippen molar-refractivity contribution in [3.63, 3.8) is 0 Å². The topological polar surface area (TPSA) is 20.7 Å². The highest BCUT2D eigenvalue weighted by molar-refractivity contribution is 6.18. The van der Waals surface area contributed by atoms with Crippen molar-refractivity contribution in [2.24, 2.45) is 0 Å². The number of benzene rings is 4. The predicted molar refractivity (Wildman–Crippen MR) is 118 cm³/mol. The fourth-order valence-electron chi connectivity index (χ4n) is 4.26. The van der Waals surface area contributed by atoms with Crippen LogP contribution in [0.25, 0.3) is 49.7 Å². The first-order chi connectivity index (χ1) is 13.9. The molecule has 0 aliphatic carbocycles. The minimum absolute atomic E-state index is 1.17. The van der Waals surface area contributed by atoms with Crippen molar-refractivity contribution < 1.29 is 0 Å². The Morgan fingerprint density at radius 2 is 1.29 bits per heavy atom. The van der Waals surface area contributed by atoms with Gasteiger partial charge < -0.3 is 9.55 Å². The normalized spacial score (nSPS) is 11.6. The van der Waals surface area contributed by atoms with Gasteiger partial charge in [0, 0.05) is 22.0 Å². The lowest BCUT2D eigenvalue weighted by atomic mass is 10.0. The summed E-state index contributed by atoms with van der Waals surface area (Å²) >= 11 is 0. The molecule has 6 aromatic rings. The molecule has 0 spiro atoms. The monoisotopic (exact) mass is 358 g/mol. The van der Waals surface area contributed by atoms with Crippen LogP contribution >= 0.6 is 0 Å². The van der Waals surface area contributed by atoms with Crippen LogP contribution in [0.15, 0.2) is 103 Å². The lowest BCUT2D eigenvalue weighted by Gasteiger charge is -2.09. The maximum absolute atomic E-state index is 3.65. The van der Waals surface area contributed by atoms with Crippen LogP contribution in [0, 0.1) is 0 Å². The van der Waals surface area contributed by atoms with Gasteiger partial charge in [0.2, 0.25) is 0 Å². The number of aromatic amines is 1. The highest BCUT2D eigenvalue weighted by Gasteiger charge is 2.17. The van der Waals surface area contributed by atoms with Crippen molar-refractivity contribution in [1.29, 1.82) is 0 Å². The van der Waals surface area contributed by atoms with Crippen LogP contribution in [0.2, 0.25) is 0 Å². The Hall–Kier alpha value is -3.78. The summed E-state index contributed by atoms with van der Waals surface area (Å²) in [6.45, 7) is 0. The van der Waals surface area contributed by atoms with Crippen LogP contribution in [0.5, 0.6) is 0 Å². The van der Waals surface area contributed by atoms with Crippen LogP contribution in [-0.2, 0) is 0 Å². The second-order valence-corrected chi connectivity index (χ2v) is 7.16. The van der Waals surface area contributed by atoms with E-state index in [-0.39, 0.29) is 0 Å². The highest BCUT2D eigenvalue weighted by atomic mass is 15.0. The minimum Gasteiger partial charge on any atom is -0.353 e. The Morgan fingerprint density at radius 1 is 0.571 bits per heavy atom. The van der Waals surface area contributed by atoms with E-state index in [1.54, 1.807) is 0 Å². The van der Waals surface area contributed by atoms with Gasteiger partial charge in [0.05, 0.1) is 16.6 Å².